The second-order valence-corrected chi connectivity index (χ2v) is 4.16. The largest absolute Gasteiger partial charge is 0.360 e. The number of benzene rings is 1. The summed E-state index contributed by atoms with van der Waals surface area (Å²) in [5.41, 5.74) is -0.738. The van der Waals surface area contributed by atoms with Crippen LogP contribution in [-0.2, 0) is 4.74 Å². The molecule has 0 saturated carbocycles. The van der Waals surface area contributed by atoms with Crippen molar-refractivity contribution in [1.82, 2.24) is 4.90 Å². The molecule has 20 heavy (non-hydrogen) atoms. The third-order valence-electron chi connectivity index (χ3n) is 2.89. The molecule has 1 unspecified atom stereocenters. The molecule has 0 bridgehead atoms. The van der Waals surface area contributed by atoms with Gasteiger partial charge in [-0.3, -0.25) is 14.9 Å². The molecule has 0 N–H and O–H groups in total. The fraction of sp³-hybridized carbons (Fsp3) is 0.333. The first kappa shape index (κ1) is 13.9. The maximum atomic E-state index is 13.7. The summed E-state index contributed by atoms with van der Waals surface area (Å²) < 4.78 is 18.7. The van der Waals surface area contributed by atoms with Crippen LogP contribution in [0.2, 0.25) is 0 Å². The van der Waals surface area contributed by atoms with E-state index in [2.05, 4.69) is 0 Å². The molecule has 1 heterocycles. The van der Waals surface area contributed by atoms with Crippen molar-refractivity contribution in [3.63, 3.8) is 0 Å². The number of nitriles is 1. The Morgan fingerprint density at radius 2 is 2.35 bits per heavy atom. The Balaban J connectivity index is 2.26. The maximum Gasteiger partial charge on any atom is 0.270 e. The highest BCUT2D eigenvalue weighted by atomic mass is 19.1. The van der Waals surface area contributed by atoms with E-state index in [0.29, 0.717) is 0 Å². The molecule has 1 aliphatic heterocycles. The lowest BCUT2D eigenvalue weighted by Gasteiger charge is -2.29. The number of non-ortho nitro benzene ring substituents is 1. The van der Waals surface area contributed by atoms with Gasteiger partial charge in [-0.05, 0) is 6.07 Å². The summed E-state index contributed by atoms with van der Waals surface area (Å²) in [6.45, 7) is 0.386. The van der Waals surface area contributed by atoms with Crippen LogP contribution < -0.4 is 0 Å². The van der Waals surface area contributed by atoms with Crippen LogP contribution in [0, 0.1) is 27.3 Å². The highest BCUT2D eigenvalue weighted by Crippen LogP contribution is 2.19. The number of carbonyl (C=O) groups excluding carboxylic acids is 1. The van der Waals surface area contributed by atoms with Crippen LogP contribution in [0.15, 0.2) is 18.2 Å². The minimum absolute atomic E-state index is 0.0114. The highest BCUT2D eigenvalue weighted by molar-refractivity contribution is 5.95. The average Bonchev–Trinajstić information content (AvgIpc) is 2.46. The highest BCUT2D eigenvalue weighted by Gasteiger charge is 2.27. The SMILES string of the molecule is N#CC1CN(C(=O)c2cc([N+](=O)[O-])ccc2F)CCO1. The van der Waals surface area contributed by atoms with Gasteiger partial charge in [-0.25, -0.2) is 4.39 Å². The number of hydrogen-bond donors (Lipinski definition) is 0. The third kappa shape index (κ3) is 2.73. The van der Waals surface area contributed by atoms with E-state index in [1.165, 1.54) is 4.90 Å². The Morgan fingerprint density at radius 1 is 1.60 bits per heavy atom. The molecule has 1 aromatic rings. The van der Waals surface area contributed by atoms with Crippen molar-refractivity contribution in [2.45, 2.75) is 6.10 Å². The molecule has 1 fully saturated rings. The van der Waals surface area contributed by atoms with Gasteiger partial charge in [0.2, 0.25) is 0 Å². The molecule has 0 aliphatic carbocycles. The lowest BCUT2D eigenvalue weighted by molar-refractivity contribution is -0.384. The fourth-order valence-corrected chi connectivity index (χ4v) is 1.87. The average molecular weight is 279 g/mol. The summed E-state index contributed by atoms with van der Waals surface area (Å²) in [5.74, 6) is -1.52. The first-order valence-corrected chi connectivity index (χ1v) is 5.77. The van der Waals surface area contributed by atoms with E-state index in [1.807, 2.05) is 6.07 Å². The van der Waals surface area contributed by atoms with Crippen molar-refractivity contribution in [3.8, 4) is 6.07 Å². The third-order valence-corrected chi connectivity index (χ3v) is 2.89. The van der Waals surface area contributed by atoms with Gasteiger partial charge in [0, 0.05) is 18.7 Å². The molecule has 1 saturated heterocycles. The first-order chi connectivity index (χ1) is 9.52. The van der Waals surface area contributed by atoms with Gasteiger partial charge in [-0.2, -0.15) is 5.26 Å². The van der Waals surface area contributed by atoms with Gasteiger partial charge in [0.1, 0.15) is 5.82 Å². The summed E-state index contributed by atoms with van der Waals surface area (Å²) in [7, 11) is 0. The van der Waals surface area contributed by atoms with Gasteiger partial charge < -0.3 is 9.64 Å². The topological polar surface area (TPSA) is 96.5 Å². The van der Waals surface area contributed by atoms with Crippen LogP contribution in [0.3, 0.4) is 0 Å². The number of rotatable bonds is 2. The zero-order chi connectivity index (χ0) is 14.7. The van der Waals surface area contributed by atoms with E-state index in [1.54, 1.807) is 0 Å². The zero-order valence-electron chi connectivity index (χ0n) is 10.3. The lowest BCUT2D eigenvalue weighted by Crippen LogP contribution is -2.45. The fourth-order valence-electron chi connectivity index (χ4n) is 1.87. The van der Waals surface area contributed by atoms with Gasteiger partial charge in [-0.15, -0.1) is 0 Å². The lowest BCUT2D eigenvalue weighted by atomic mass is 10.1. The molecule has 0 spiro atoms. The molecule has 1 aromatic carbocycles. The Bertz CT molecular complexity index is 599. The van der Waals surface area contributed by atoms with E-state index in [-0.39, 0.29) is 30.9 Å². The second-order valence-electron chi connectivity index (χ2n) is 4.16. The van der Waals surface area contributed by atoms with Crippen LogP contribution in [0.25, 0.3) is 0 Å². The molecule has 8 heteroatoms. The summed E-state index contributed by atoms with van der Waals surface area (Å²) in [4.78, 5) is 23.4. The quantitative estimate of drug-likeness (QED) is 0.596. The van der Waals surface area contributed by atoms with Crippen molar-refractivity contribution in [3.05, 3.63) is 39.7 Å². The summed E-state index contributed by atoms with van der Waals surface area (Å²) in [5, 5.41) is 19.4. The predicted molar refractivity (Wildman–Crippen MR) is 64.3 cm³/mol. The molecule has 1 aliphatic rings. The summed E-state index contributed by atoms with van der Waals surface area (Å²) >= 11 is 0. The normalized spacial score (nSPS) is 18.4. The number of amides is 1. The molecular formula is C12H10FN3O4. The van der Waals surface area contributed by atoms with E-state index in [9.17, 15) is 19.3 Å². The van der Waals surface area contributed by atoms with Crippen molar-refractivity contribution < 1.29 is 18.8 Å². The monoisotopic (exact) mass is 279 g/mol. The van der Waals surface area contributed by atoms with Crippen LogP contribution >= 0.6 is 0 Å². The summed E-state index contributed by atoms with van der Waals surface area (Å²) in [6.07, 6.45) is -0.769. The number of nitro groups is 1. The smallest absolute Gasteiger partial charge is 0.270 e. The van der Waals surface area contributed by atoms with E-state index in [4.69, 9.17) is 10.00 Å². The van der Waals surface area contributed by atoms with Gasteiger partial charge >= 0.3 is 0 Å². The Hall–Kier alpha value is -2.53. The second kappa shape index (κ2) is 5.63. The van der Waals surface area contributed by atoms with E-state index >= 15 is 0 Å². The van der Waals surface area contributed by atoms with Gasteiger partial charge in [-0.1, -0.05) is 0 Å². The van der Waals surface area contributed by atoms with Gasteiger partial charge in [0.25, 0.3) is 11.6 Å². The molecule has 104 valence electrons. The number of hydrogen-bond acceptors (Lipinski definition) is 5. The zero-order valence-corrected chi connectivity index (χ0v) is 10.3. The van der Waals surface area contributed by atoms with Crippen molar-refractivity contribution in [2.75, 3.05) is 19.7 Å². The molecule has 2 rings (SSSR count). The van der Waals surface area contributed by atoms with Gasteiger partial charge in [0.15, 0.2) is 6.10 Å². The standard InChI is InChI=1S/C12H10FN3O4/c13-11-2-1-8(16(18)19)5-10(11)12(17)15-3-4-20-9(6-14)7-15/h1-2,5,9H,3-4,7H2. The number of morpholine rings is 1. The number of ether oxygens (including phenoxy) is 1. The molecule has 7 nitrogen and oxygen atoms in total. The maximum absolute atomic E-state index is 13.7. The van der Waals surface area contributed by atoms with Crippen molar-refractivity contribution in [2.24, 2.45) is 0 Å². The van der Waals surface area contributed by atoms with E-state index in [0.717, 1.165) is 18.2 Å². The Morgan fingerprint density at radius 3 is 3.00 bits per heavy atom. The summed E-state index contributed by atoms with van der Waals surface area (Å²) in [6, 6.07) is 4.64. The molecule has 1 amide bonds. The minimum Gasteiger partial charge on any atom is -0.360 e. The minimum atomic E-state index is -0.833. The molecule has 1 atom stereocenters. The Kier molecular flexibility index (Phi) is 3.91. The van der Waals surface area contributed by atoms with Gasteiger partial charge in [0.05, 0.1) is 29.7 Å². The van der Waals surface area contributed by atoms with Crippen LogP contribution in [0.4, 0.5) is 10.1 Å². The molecular weight excluding hydrogens is 269 g/mol. The molecule has 0 aromatic heterocycles. The van der Waals surface area contributed by atoms with Crippen LogP contribution in [0.1, 0.15) is 10.4 Å². The van der Waals surface area contributed by atoms with Crippen LogP contribution in [0.5, 0.6) is 0 Å². The van der Waals surface area contributed by atoms with Crippen molar-refractivity contribution >= 4 is 11.6 Å². The number of nitrogens with zero attached hydrogens (tertiary/aromatic N) is 3. The number of nitro benzene ring substituents is 1. The number of carbonyl (C=O) groups is 1. The van der Waals surface area contributed by atoms with Crippen LogP contribution in [-0.4, -0.2) is 41.5 Å². The van der Waals surface area contributed by atoms with E-state index < -0.39 is 22.8 Å². The molecule has 0 radical (unpaired) electrons. The predicted octanol–water partition coefficient (Wildman–Crippen LogP) is 1.10. The van der Waals surface area contributed by atoms with Crippen molar-refractivity contribution in [1.29, 1.82) is 5.26 Å². The first-order valence-electron chi connectivity index (χ1n) is 5.77. The Labute approximate surface area is 113 Å². The number of halogens is 1.